The lowest BCUT2D eigenvalue weighted by atomic mass is 9.88. The van der Waals surface area contributed by atoms with Gasteiger partial charge in [0.05, 0.1) is 0 Å². The average Bonchev–Trinajstić information content (AvgIpc) is 1.80. The van der Waals surface area contributed by atoms with E-state index in [-0.39, 0.29) is 5.41 Å². The molecule has 0 fully saturated rings. The Hall–Kier alpha value is -0.590. The van der Waals surface area contributed by atoms with Crippen LogP contribution in [0.5, 0.6) is 0 Å². The summed E-state index contributed by atoms with van der Waals surface area (Å²) in [6, 6.07) is 0. The molecule has 0 radical (unpaired) electrons. The molecule has 0 bridgehead atoms. The molecule has 0 rings (SSSR count). The van der Waals surface area contributed by atoms with Gasteiger partial charge in [-0.3, -0.25) is 4.99 Å². The first-order valence-corrected chi connectivity index (χ1v) is 4.02. The van der Waals surface area contributed by atoms with E-state index in [1.807, 2.05) is 20.0 Å². The van der Waals surface area contributed by atoms with E-state index in [1.165, 1.54) is 5.57 Å². The van der Waals surface area contributed by atoms with E-state index in [0.29, 0.717) is 0 Å². The number of allylic oxidation sites excluding steroid dienone is 1. The van der Waals surface area contributed by atoms with Crippen LogP contribution in [0.25, 0.3) is 0 Å². The van der Waals surface area contributed by atoms with E-state index in [2.05, 4.69) is 32.7 Å². The second kappa shape index (κ2) is 3.70. The van der Waals surface area contributed by atoms with E-state index in [9.17, 15) is 0 Å². The minimum Gasteiger partial charge on any atom is -0.266 e. The largest absolute Gasteiger partial charge is 0.266 e. The summed E-state index contributed by atoms with van der Waals surface area (Å²) in [4.78, 5) is 4.25. The Morgan fingerprint density at radius 3 is 1.82 bits per heavy atom. The van der Waals surface area contributed by atoms with Gasteiger partial charge in [-0.15, -0.1) is 0 Å². The maximum Gasteiger partial charge on any atom is 0.0261 e. The van der Waals surface area contributed by atoms with Gasteiger partial charge in [0.2, 0.25) is 0 Å². The standard InChI is InChI=1S/C10H19N/c1-8(2)11-7-9(3)10(4,5)6/h7H,1-6H3/b9-7+. The van der Waals surface area contributed by atoms with E-state index < -0.39 is 0 Å². The number of nitrogens with zero attached hydrogens (tertiary/aromatic N) is 1. The lowest BCUT2D eigenvalue weighted by molar-refractivity contribution is 0.502. The van der Waals surface area contributed by atoms with Crippen LogP contribution in [0, 0.1) is 5.41 Å². The topological polar surface area (TPSA) is 12.4 Å². The van der Waals surface area contributed by atoms with Crippen LogP contribution in [0.2, 0.25) is 0 Å². The Morgan fingerprint density at radius 1 is 1.09 bits per heavy atom. The van der Waals surface area contributed by atoms with Gasteiger partial charge in [0, 0.05) is 11.9 Å². The van der Waals surface area contributed by atoms with Crippen LogP contribution in [-0.4, -0.2) is 5.71 Å². The summed E-state index contributed by atoms with van der Waals surface area (Å²) in [5.41, 5.74) is 2.67. The molecule has 0 spiro atoms. The summed E-state index contributed by atoms with van der Waals surface area (Å²) < 4.78 is 0. The molecule has 64 valence electrons. The minimum absolute atomic E-state index is 0.249. The van der Waals surface area contributed by atoms with Crippen molar-refractivity contribution in [1.82, 2.24) is 0 Å². The van der Waals surface area contributed by atoms with Gasteiger partial charge in [-0.05, 0) is 31.8 Å². The molecule has 0 aliphatic rings. The molecule has 0 heterocycles. The quantitative estimate of drug-likeness (QED) is 0.512. The van der Waals surface area contributed by atoms with Gasteiger partial charge in [-0.25, -0.2) is 0 Å². The fraction of sp³-hybridized carbons (Fsp3) is 0.700. The molecule has 1 nitrogen and oxygen atoms in total. The Labute approximate surface area is 70.2 Å². The van der Waals surface area contributed by atoms with Crippen molar-refractivity contribution in [3.05, 3.63) is 11.8 Å². The van der Waals surface area contributed by atoms with E-state index in [0.717, 1.165) is 5.71 Å². The van der Waals surface area contributed by atoms with Gasteiger partial charge >= 0.3 is 0 Å². The van der Waals surface area contributed by atoms with Crippen molar-refractivity contribution in [3.63, 3.8) is 0 Å². The maximum absolute atomic E-state index is 4.25. The Kier molecular flexibility index (Phi) is 3.50. The lowest BCUT2D eigenvalue weighted by Gasteiger charge is -2.18. The zero-order valence-corrected chi connectivity index (χ0v) is 8.52. The molecular weight excluding hydrogens is 134 g/mol. The molecule has 0 atom stereocenters. The molecular formula is C10H19N. The van der Waals surface area contributed by atoms with Crippen molar-refractivity contribution in [2.75, 3.05) is 0 Å². The molecule has 0 saturated heterocycles. The molecule has 11 heavy (non-hydrogen) atoms. The zero-order chi connectivity index (χ0) is 9.07. The van der Waals surface area contributed by atoms with Crippen molar-refractivity contribution in [3.8, 4) is 0 Å². The maximum atomic E-state index is 4.25. The molecule has 0 aliphatic heterocycles. The van der Waals surface area contributed by atoms with E-state index in [1.54, 1.807) is 0 Å². The molecule has 0 unspecified atom stereocenters. The fourth-order valence-electron chi connectivity index (χ4n) is 0.420. The van der Waals surface area contributed by atoms with E-state index >= 15 is 0 Å². The molecule has 0 amide bonds. The first-order chi connectivity index (χ1) is 4.84. The number of hydrogen-bond donors (Lipinski definition) is 0. The smallest absolute Gasteiger partial charge is 0.0261 e. The van der Waals surface area contributed by atoms with Crippen LogP contribution in [0.1, 0.15) is 41.5 Å². The van der Waals surface area contributed by atoms with Gasteiger partial charge in [0.1, 0.15) is 0 Å². The average molecular weight is 153 g/mol. The van der Waals surface area contributed by atoms with Crippen molar-refractivity contribution >= 4 is 5.71 Å². The molecule has 0 saturated carbocycles. The number of aliphatic imine (C=N–C) groups is 1. The summed E-state index contributed by atoms with van der Waals surface area (Å²) >= 11 is 0. The monoisotopic (exact) mass is 153 g/mol. The van der Waals surface area contributed by atoms with Gasteiger partial charge in [-0.2, -0.15) is 0 Å². The van der Waals surface area contributed by atoms with E-state index in [4.69, 9.17) is 0 Å². The SMILES string of the molecule is CC(C)=N/C=C(\C)C(C)(C)C. The highest BCUT2D eigenvalue weighted by molar-refractivity contribution is 5.79. The van der Waals surface area contributed by atoms with Gasteiger partial charge in [0.15, 0.2) is 0 Å². The molecule has 0 N–H and O–H groups in total. The number of hydrogen-bond acceptors (Lipinski definition) is 1. The van der Waals surface area contributed by atoms with Crippen LogP contribution in [0.15, 0.2) is 16.8 Å². The molecule has 0 aliphatic carbocycles. The van der Waals surface area contributed by atoms with Crippen molar-refractivity contribution in [2.45, 2.75) is 41.5 Å². The van der Waals surface area contributed by atoms with Gasteiger partial charge < -0.3 is 0 Å². The summed E-state index contributed by atoms with van der Waals surface area (Å²) in [7, 11) is 0. The molecule has 0 aromatic carbocycles. The lowest BCUT2D eigenvalue weighted by Crippen LogP contribution is -2.05. The second-order valence-corrected chi connectivity index (χ2v) is 4.14. The Balaban J connectivity index is 4.36. The summed E-state index contributed by atoms with van der Waals surface area (Å²) in [6.07, 6.45) is 1.95. The van der Waals surface area contributed by atoms with Crippen LogP contribution in [0.4, 0.5) is 0 Å². The molecule has 0 aromatic rings. The minimum atomic E-state index is 0.249. The predicted octanol–water partition coefficient (Wildman–Crippen LogP) is 3.42. The summed E-state index contributed by atoms with van der Waals surface area (Å²) in [5, 5.41) is 0. The first kappa shape index (κ1) is 10.4. The summed E-state index contributed by atoms with van der Waals surface area (Å²) in [6.45, 7) is 12.7. The second-order valence-electron chi connectivity index (χ2n) is 4.14. The predicted molar refractivity (Wildman–Crippen MR) is 52.0 cm³/mol. The third-order valence-corrected chi connectivity index (χ3v) is 1.70. The summed E-state index contributed by atoms with van der Waals surface area (Å²) in [5.74, 6) is 0. The first-order valence-electron chi connectivity index (χ1n) is 4.02. The third-order valence-electron chi connectivity index (χ3n) is 1.70. The van der Waals surface area contributed by atoms with Crippen LogP contribution in [0.3, 0.4) is 0 Å². The van der Waals surface area contributed by atoms with Gasteiger partial charge in [0.25, 0.3) is 0 Å². The van der Waals surface area contributed by atoms with Crippen molar-refractivity contribution < 1.29 is 0 Å². The Bertz CT molecular complexity index is 176. The van der Waals surface area contributed by atoms with Crippen molar-refractivity contribution in [2.24, 2.45) is 10.4 Å². The van der Waals surface area contributed by atoms with Crippen LogP contribution >= 0.6 is 0 Å². The fourth-order valence-corrected chi connectivity index (χ4v) is 0.420. The number of rotatable bonds is 1. The van der Waals surface area contributed by atoms with Crippen LogP contribution in [-0.2, 0) is 0 Å². The third kappa shape index (κ3) is 4.77. The Morgan fingerprint density at radius 2 is 1.55 bits per heavy atom. The normalized spacial score (nSPS) is 13.1. The highest BCUT2D eigenvalue weighted by atomic mass is 14.7. The van der Waals surface area contributed by atoms with Crippen LogP contribution < -0.4 is 0 Å². The van der Waals surface area contributed by atoms with Gasteiger partial charge in [-0.1, -0.05) is 20.8 Å². The molecule has 0 aromatic heterocycles. The van der Waals surface area contributed by atoms with Crippen molar-refractivity contribution in [1.29, 1.82) is 0 Å². The zero-order valence-electron chi connectivity index (χ0n) is 8.52. The highest BCUT2D eigenvalue weighted by Gasteiger charge is 2.11. The molecule has 1 heteroatoms. The highest BCUT2D eigenvalue weighted by Crippen LogP contribution is 2.23.